The Morgan fingerprint density at radius 3 is 2.46 bits per heavy atom. The van der Waals surface area contributed by atoms with E-state index < -0.39 is 0 Å². The number of ether oxygens (including phenoxy) is 3. The molecule has 0 saturated carbocycles. The average Bonchev–Trinajstić information content (AvgIpc) is 2.66. The number of nitrogens with zero attached hydrogens (tertiary/aromatic N) is 1. The van der Waals surface area contributed by atoms with Crippen LogP contribution in [0.1, 0.15) is 5.56 Å². The summed E-state index contributed by atoms with van der Waals surface area (Å²) in [6.07, 6.45) is 0.677. The summed E-state index contributed by atoms with van der Waals surface area (Å²) in [4.78, 5) is 13.2. The van der Waals surface area contributed by atoms with Crippen LogP contribution in [-0.4, -0.2) is 31.0 Å². The fourth-order valence-corrected chi connectivity index (χ4v) is 3.65. The smallest absolute Gasteiger partial charge is 0.262 e. The Balaban J connectivity index is 2.05. The van der Waals surface area contributed by atoms with Gasteiger partial charge in [-0.05, 0) is 41.6 Å². The van der Waals surface area contributed by atoms with Gasteiger partial charge in [-0.2, -0.15) is 0 Å². The van der Waals surface area contributed by atoms with Gasteiger partial charge in [0.1, 0.15) is 0 Å². The van der Waals surface area contributed by atoms with Gasteiger partial charge in [-0.25, -0.2) is 0 Å². The molecular formula is C20H19NO5. The minimum Gasteiger partial charge on any atom is -0.504 e. The molecule has 1 aliphatic heterocycles. The SMILES string of the molecule is COc1cc2c(cc1O)-c1cc3ccc(OC)c(OC)c3c(=O)n1CC2. The number of hydrogen-bond acceptors (Lipinski definition) is 5. The van der Waals surface area contributed by atoms with Crippen molar-refractivity contribution in [3.05, 3.63) is 46.2 Å². The van der Waals surface area contributed by atoms with E-state index in [-0.39, 0.29) is 11.3 Å². The van der Waals surface area contributed by atoms with Gasteiger partial charge in [0.15, 0.2) is 23.0 Å². The van der Waals surface area contributed by atoms with E-state index in [0.717, 1.165) is 22.2 Å². The van der Waals surface area contributed by atoms with Crippen LogP contribution in [0.15, 0.2) is 35.1 Å². The Bertz CT molecular complexity index is 1080. The Morgan fingerprint density at radius 2 is 1.77 bits per heavy atom. The number of phenolic OH excluding ortho intramolecular Hbond substituents is 1. The third-order valence-electron chi connectivity index (χ3n) is 4.91. The average molecular weight is 353 g/mol. The molecule has 3 aromatic rings. The molecule has 0 atom stereocenters. The number of aromatic nitrogens is 1. The molecule has 1 aromatic heterocycles. The summed E-state index contributed by atoms with van der Waals surface area (Å²) in [5.74, 6) is 1.45. The van der Waals surface area contributed by atoms with Crippen molar-refractivity contribution in [3.63, 3.8) is 0 Å². The molecule has 0 amide bonds. The van der Waals surface area contributed by atoms with Gasteiger partial charge in [-0.1, -0.05) is 6.07 Å². The second kappa shape index (κ2) is 5.98. The van der Waals surface area contributed by atoms with E-state index in [9.17, 15) is 9.90 Å². The lowest BCUT2D eigenvalue weighted by Gasteiger charge is -2.24. The minimum atomic E-state index is -0.130. The van der Waals surface area contributed by atoms with Gasteiger partial charge >= 0.3 is 0 Å². The maximum absolute atomic E-state index is 13.2. The number of methoxy groups -OCH3 is 3. The first-order valence-corrected chi connectivity index (χ1v) is 8.27. The van der Waals surface area contributed by atoms with Crippen molar-refractivity contribution in [2.45, 2.75) is 13.0 Å². The number of benzene rings is 2. The lowest BCUT2D eigenvalue weighted by molar-refractivity contribution is 0.358. The fraction of sp³-hybridized carbons (Fsp3) is 0.250. The molecule has 2 aromatic carbocycles. The third kappa shape index (κ3) is 2.22. The summed E-state index contributed by atoms with van der Waals surface area (Å²) in [6, 6.07) is 9.06. The molecule has 0 unspecified atom stereocenters. The number of fused-ring (bicyclic) bond motifs is 4. The highest BCUT2D eigenvalue weighted by Crippen LogP contribution is 2.40. The van der Waals surface area contributed by atoms with Crippen LogP contribution in [0.3, 0.4) is 0 Å². The lowest BCUT2D eigenvalue weighted by Crippen LogP contribution is -2.26. The Labute approximate surface area is 150 Å². The summed E-state index contributed by atoms with van der Waals surface area (Å²) in [5, 5.41) is 11.4. The normalized spacial score (nSPS) is 12.4. The molecule has 2 heterocycles. The van der Waals surface area contributed by atoms with E-state index >= 15 is 0 Å². The van der Waals surface area contributed by atoms with Crippen molar-refractivity contribution in [3.8, 4) is 34.3 Å². The molecule has 6 heteroatoms. The number of aryl methyl sites for hydroxylation is 1. The maximum atomic E-state index is 13.2. The van der Waals surface area contributed by atoms with Crippen LogP contribution >= 0.6 is 0 Å². The first kappa shape index (κ1) is 16.3. The van der Waals surface area contributed by atoms with Gasteiger partial charge < -0.3 is 23.9 Å². The van der Waals surface area contributed by atoms with Crippen molar-refractivity contribution >= 4 is 10.8 Å². The molecule has 6 nitrogen and oxygen atoms in total. The molecule has 0 bridgehead atoms. The molecule has 1 aliphatic rings. The Hall–Kier alpha value is -3.15. The first-order chi connectivity index (χ1) is 12.6. The second-order valence-corrected chi connectivity index (χ2v) is 6.18. The third-order valence-corrected chi connectivity index (χ3v) is 4.91. The van der Waals surface area contributed by atoms with Gasteiger partial charge in [0, 0.05) is 12.1 Å². The molecule has 0 saturated heterocycles. The van der Waals surface area contributed by atoms with Gasteiger partial charge in [0.2, 0.25) is 0 Å². The zero-order chi connectivity index (χ0) is 18.4. The monoisotopic (exact) mass is 353 g/mol. The summed E-state index contributed by atoms with van der Waals surface area (Å²) in [7, 11) is 4.60. The molecule has 26 heavy (non-hydrogen) atoms. The molecule has 0 spiro atoms. The van der Waals surface area contributed by atoms with E-state index in [4.69, 9.17) is 14.2 Å². The standard InChI is InChI=1S/C20H19NO5/c1-24-16-5-4-12-8-14-13-10-15(22)17(25-2)9-11(13)6-7-21(14)20(23)18(12)19(16)26-3/h4-5,8-10,22H,6-7H2,1-3H3. The van der Waals surface area contributed by atoms with Crippen molar-refractivity contribution in [1.29, 1.82) is 0 Å². The van der Waals surface area contributed by atoms with E-state index in [1.165, 1.54) is 14.2 Å². The lowest BCUT2D eigenvalue weighted by atomic mass is 9.95. The van der Waals surface area contributed by atoms with Gasteiger partial charge in [0.05, 0.1) is 32.4 Å². The summed E-state index contributed by atoms with van der Waals surface area (Å²) in [5.41, 5.74) is 2.52. The van der Waals surface area contributed by atoms with Crippen molar-refractivity contribution < 1.29 is 19.3 Å². The first-order valence-electron chi connectivity index (χ1n) is 8.27. The molecule has 0 aliphatic carbocycles. The zero-order valence-corrected chi connectivity index (χ0v) is 14.8. The number of phenols is 1. The molecule has 134 valence electrons. The zero-order valence-electron chi connectivity index (χ0n) is 14.8. The predicted molar refractivity (Wildman–Crippen MR) is 98.7 cm³/mol. The Kier molecular flexibility index (Phi) is 3.76. The summed E-state index contributed by atoms with van der Waals surface area (Å²) >= 11 is 0. The predicted octanol–water partition coefficient (Wildman–Crippen LogP) is 2.96. The highest BCUT2D eigenvalue weighted by atomic mass is 16.5. The van der Waals surface area contributed by atoms with Crippen molar-refractivity contribution in [2.24, 2.45) is 0 Å². The van der Waals surface area contributed by atoms with E-state index in [1.54, 1.807) is 23.8 Å². The molecule has 0 radical (unpaired) electrons. The number of aromatic hydroxyl groups is 1. The quantitative estimate of drug-likeness (QED) is 0.784. The Morgan fingerprint density at radius 1 is 1.00 bits per heavy atom. The van der Waals surface area contributed by atoms with Crippen LogP contribution < -0.4 is 19.8 Å². The van der Waals surface area contributed by atoms with Crippen LogP contribution in [-0.2, 0) is 13.0 Å². The van der Waals surface area contributed by atoms with Gasteiger partial charge in [-0.15, -0.1) is 0 Å². The van der Waals surface area contributed by atoms with Crippen LogP contribution in [0.2, 0.25) is 0 Å². The summed E-state index contributed by atoms with van der Waals surface area (Å²) in [6.45, 7) is 0.547. The number of pyridine rings is 1. The fourth-order valence-electron chi connectivity index (χ4n) is 3.65. The minimum absolute atomic E-state index is 0.0551. The number of rotatable bonds is 3. The maximum Gasteiger partial charge on any atom is 0.262 e. The molecular weight excluding hydrogens is 334 g/mol. The topological polar surface area (TPSA) is 69.9 Å². The highest BCUT2D eigenvalue weighted by Gasteiger charge is 2.23. The van der Waals surface area contributed by atoms with E-state index in [0.29, 0.717) is 35.6 Å². The molecule has 1 N–H and O–H groups in total. The van der Waals surface area contributed by atoms with Gasteiger partial charge in [0.25, 0.3) is 5.56 Å². The van der Waals surface area contributed by atoms with Crippen molar-refractivity contribution in [2.75, 3.05) is 21.3 Å². The van der Waals surface area contributed by atoms with Gasteiger partial charge in [-0.3, -0.25) is 4.79 Å². The molecule has 0 fully saturated rings. The van der Waals surface area contributed by atoms with Crippen molar-refractivity contribution in [1.82, 2.24) is 4.57 Å². The van der Waals surface area contributed by atoms with Crippen LogP contribution in [0.25, 0.3) is 22.0 Å². The largest absolute Gasteiger partial charge is 0.504 e. The summed E-state index contributed by atoms with van der Waals surface area (Å²) < 4.78 is 17.7. The second-order valence-electron chi connectivity index (χ2n) is 6.18. The number of hydrogen-bond donors (Lipinski definition) is 1. The van der Waals surface area contributed by atoms with E-state index in [1.807, 2.05) is 18.2 Å². The van der Waals surface area contributed by atoms with Crippen LogP contribution in [0, 0.1) is 0 Å². The van der Waals surface area contributed by atoms with Crippen LogP contribution in [0.4, 0.5) is 0 Å². The molecule has 4 rings (SSSR count). The van der Waals surface area contributed by atoms with Crippen LogP contribution in [0.5, 0.6) is 23.0 Å². The highest BCUT2D eigenvalue weighted by molar-refractivity contribution is 5.93. The van der Waals surface area contributed by atoms with E-state index in [2.05, 4.69) is 0 Å².